The summed E-state index contributed by atoms with van der Waals surface area (Å²) >= 11 is 1.88. The number of anilines is 6. The molecule has 2 aromatic heterocycles. The number of hydrogen-bond donors (Lipinski definition) is 0. The van der Waals surface area contributed by atoms with Crippen LogP contribution in [0, 0.1) is 0 Å². The first-order chi connectivity index (χ1) is 62.5. The Balaban J connectivity index is 0.000000145. The van der Waals surface area contributed by atoms with E-state index < -0.39 is 10.8 Å². The zero-order chi connectivity index (χ0) is 83.5. The van der Waals surface area contributed by atoms with Crippen LogP contribution in [-0.2, 0) is 10.8 Å². The van der Waals surface area contributed by atoms with E-state index >= 15 is 0 Å². The van der Waals surface area contributed by atoms with Crippen molar-refractivity contribution in [2.45, 2.75) is 10.8 Å². The van der Waals surface area contributed by atoms with Crippen molar-refractivity contribution < 1.29 is 4.42 Å². The van der Waals surface area contributed by atoms with Crippen LogP contribution in [0.5, 0.6) is 0 Å². The highest BCUT2D eigenvalue weighted by Gasteiger charge is 2.48. The van der Waals surface area contributed by atoms with Crippen molar-refractivity contribution in [3.05, 3.63) is 542 Å². The van der Waals surface area contributed by atoms with Crippen molar-refractivity contribution in [1.82, 2.24) is 0 Å². The number of fused-ring (bicyclic) bond motifs is 12. The van der Waals surface area contributed by atoms with Crippen molar-refractivity contribution in [2.75, 3.05) is 9.80 Å². The number of benzene rings is 20. The Hall–Kier alpha value is -16.0. The molecule has 3 nitrogen and oxygen atoms in total. The van der Waals surface area contributed by atoms with E-state index in [1.165, 1.54) is 131 Å². The monoisotopic (exact) mass is 1620 g/mol. The molecule has 20 aromatic carbocycles. The average molecular weight is 1620 g/mol. The van der Waals surface area contributed by atoms with E-state index in [-0.39, 0.29) is 0 Å². The lowest BCUT2D eigenvalue weighted by atomic mass is 9.67. The normalized spacial score (nSPS) is 12.6. The van der Waals surface area contributed by atoms with Crippen LogP contribution < -0.4 is 9.80 Å². The van der Waals surface area contributed by atoms with Gasteiger partial charge in [-0.15, -0.1) is 11.3 Å². The zero-order valence-corrected chi connectivity index (χ0v) is 69.9. The van der Waals surface area contributed by atoms with E-state index in [0.717, 1.165) is 78.3 Å². The summed E-state index contributed by atoms with van der Waals surface area (Å²) in [6.45, 7) is 0. The Morgan fingerprint density at radius 2 is 0.508 bits per heavy atom. The Bertz CT molecular complexity index is 7270. The Morgan fingerprint density at radius 1 is 0.190 bits per heavy atom. The van der Waals surface area contributed by atoms with Gasteiger partial charge in [-0.1, -0.05) is 425 Å². The van der Waals surface area contributed by atoms with E-state index in [0.29, 0.717) is 0 Å². The van der Waals surface area contributed by atoms with Crippen molar-refractivity contribution in [1.29, 1.82) is 0 Å². The second-order valence-electron chi connectivity index (χ2n) is 32.7. The molecule has 0 N–H and O–H groups in total. The van der Waals surface area contributed by atoms with Crippen molar-refractivity contribution in [3.8, 4) is 89.0 Å². The summed E-state index contributed by atoms with van der Waals surface area (Å²) in [6, 6.07) is 182. The summed E-state index contributed by atoms with van der Waals surface area (Å²) in [6.07, 6.45) is 0. The predicted octanol–water partition coefficient (Wildman–Crippen LogP) is 33.3. The van der Waals surface area contributed by atoms with Crippen LogP contribution in [0.4, 0.5) is 34.1 Å². The number of hydrogen-bond acceptors (Lipinski definition) is 4. The standard InChI is InChI=1S/C61H41NO.C61H41NS/c2*1-4-19-42(20-5-1)48-25-10-11-26-50(48)53-28-13-16-33-58(53)62(46-37-35-43(36-38-46)49-30-18-31-55-54-29-14-17-34-59(54)63-60(49)55)47-39-40-52-51-27-12-15-32-56(51)61(57(52)41-47,44-21-6-2-7-22-44)45-23-8-3-9-24-45/h2*1-41H. The van der Waals surface area contributed by atoms with Gasteiger partial charge >= 0.3 is 0 Å². The third-order valence-electron chi connectivity index (χ3n) is 26.0. The molecule has 2 aliphatic carbocycles. The Kier molecular flexibility index (Phi) is 18.9. The fourth-order valence-electron chi connectivity index (χ4n) is 20.5. The van der Waals surface area contributed by atoms with Gasteiger partial charge in [-0.05, 0) is 190 Å². The van der Waals surface area contributed by atoms with Gasteiger partial charge in [0.25, 0.3) is 0 Å². The van der Waals surface area contributed by atoms with Crippen molar-refractivity contribution in [3.63, 3.8) is 0 Å². The maximum atomic E-state index is 6.52. The summed E-state index contributed by atoms with van der Waals surface area (Å²) in [5, 5.41) is 4.88. The average Bonchev–Trinajstić information content (AvgIpc) is 1.42. The molecule has 592 valence electrons. The molecule has 2 heterocycles. The van der Waals surface area contributed by atoms with Gasteiger partial charge in [0, 0.05) is 70.4 Å². The molecular weight excluding hydrogens is 1540 g/mol. The molecule has 22 aromatic rings. The molecule has 0 atom stereocenters. The lowest BCUT2D eigenvalue weighted by Gasteiger charge is -2.35. The number of nitrogens with zero attached hydrogens (tertiary/aromatic N) is 2. The van der Waals surface area contributed by atoms with Crippen LogP contribution in [0.15, 0.2) is 502 Å². The van der Waals surface area contributed by atoms with Gasteiger partial charge < -0.3 is 14.2 Å². The predicted molar refractivity (Wildman–Crippen MR) is 530 cm³/mol. The van der Waals surface area contributed by atoms with Crippen LogP contribution in [0.3, 0.4) is 0 Å². The van der Waals surface area contributed by atoms with E-state index in [1.807, 2.05) is 23.5 Å². The quantitative estimate of drug-likeness (QED) is 0.0961. The third kappa shape index (κ3) is 12.5. The molecular formula is C122H82N2OS. The van der Waals surface area contributed by atoms with Crippen LogP contribution in [0.25, 0.3) is 131 Å². The van der Waals surface area contributed by atoms with E-state index in [2.05, 4.69) is 495 Å². The van der Waals surface area contributed by atoms with Crippen LogP contribution in [0.1, 0.15) is 44.5 Å². The number of para-hydroxylation sites is 4. The van der Waals surface area contributed by atoms with Crippen LogP contribution >= 0.6 is 11.3 Å². The molecule has 2 aliphatic rings. The SMILES string of the molecule is c1ccc(-c2ccccc2-c2ccccc2N(c2ccc(-c3cccc4c3oc3ccccc34)cc2)c2ccc3c(c2)C(c2ccccc2)(c2ccccc2)c2ccccc2-3)cc1.c1ccc(-c2ccccc2-c2ccccc2N(c2ccc(-c3cccc4c3sc3ccccc34)cc2)c2ccc3c(c2)C(c2ccccc2)(c2ccccc2)c2ccccc2-3)cc1. The van der Waals surface area contributed by atoms with E-state index in [4.69, 9.17) is 4.42 Å². The molecule has 4 heteroatoms. The minimum absolute atomic E-state index is 0.525. The first-order valence-electron chi connectivity index (χ1n) is 43.3. The van der Waals surface area contributed by atoms with Crippen LogP contribution in [0.2, 0.25) is 0 Å². The number of furan rings is 1. The second-order valence-corrected chi connectivity index (χ2v) is 33.8. The van der Waals surface area contributed by atoms with E-state index in [9.17, 15) is 0 Å². The molecule has 0 bridgehead atoms. The van der Waals surface area contributed by atoms with Gasteiger partial charge in [-0.25, -0.2) is 0 Å². The molecule has 0 amide bonds. The molecule has 0 unspecified atom stereocenters. The fourth-order valence-corrected chi connectivity index (χ4v) is 21.7. The molecule has 0 saturated carbocycles. The van der Waals surface area contributed by atoms with Crippen LogP contribution in [-0.4, -0.2) is 0 Å². The Labute approximate surface area is 738 Å². The summed E-state index contributed by atoms with van der Waals surface area (Å²) < 4.78 is 9.16. The lowest BCUT2D eigenvalue weighted by Crippen LogP contribution is -2.28. The first kappa shape index (κ1) is 75.0. The van der Waals surface area contributed by atoms with Crippen molar-refractivity contribution in [2.24, 2.45) is 0 Å². The molecule has 0 radical (unpaired) electrons. The molecule has 0 fully saturated rings. The highest BCUT2D eigenvalue weighted by atomic mass is 32.1. The first-order valence-corrected chi connectivity index (χ1v) is 44.2. The molecule has 24 rings (SSSR count). The maximum absolute atomic E-state index is 6.52. The molecule has 126 heavy (non-hydrogen) atoms. The largest absolute Gasteiger partial charge is 0.455 e. The van der Waals surface area contributed by atoms with E-state index in [1.54, 1.807) is 0 Å². The minimum atomic E-state index is -0.537. The third-order valence-corrected chi connectivity index (χ3v) is 27.2. The summed E-state index contributed by atoms with van der Waals surface area (Å²) in [7, 11) is 0. The summed E-state index contributed by atoms with van der Waals surface area (Å²) in [4.78, 5) is 4.93. The summed E-state index contributed by atoms with van der Waals surface area (Å²) in [5.41, 5.74) is 36.5. The Morgan fingerprint density at radius 3 is 0.976 bits per heavy atom. The topological polar surface area (TPSA) is 19.6 Å². The van der Waals surface area contributed by atoms with Gasteiger partial charge in [-0.2, -0.15) is 0 Å². The molecule has 0 saturated heterocycles. The molecule has 0 spiro atoms. The number of thiophene rings is 1. The fraction of sp³-hybridized carbons (Fsp3) is 0.0164. The van der Waals surface area contributed by atoms with Gasteiger partial charge in [0.15, 0.2) is 0 Å². The second kappa shape index (κ2) is 31.8. The lowest BCUT2D eigenvalue weighted by molar-refractivity contribution is 0.670. The zero-order valence-electron chi connectivity index (χ0n) is 69.1. The van der Waals surface area contributed by atoms with Gasteiger partial charge in [0.2, 0.25) is 0 Å². The highest BCUT2D eigenvalue weighted by molar-refractivity contribution is 7.26. The maximum Gasteiger partial charge on any atom is 0.143 e. The number of rotatable bonds is 16. The van der Waals surface area contributed by atoms with Crippen molar-refractivity contribution >= 4 is 87.6 Å². The van der Waals surface area contributed by atoms with Gasteiger partial charge in [-0.3, -0.25) is 0 Å². The summed E-state index contributed by atoms with van der Waals surface area (Å²) in [5.74, 6) is 0. The smallest absolute Gasteiger partial charge is 0.143 e. The highest BCUT2D eigenvalue weighted by Crippen LogP contribution is 2.61. The van der Waals surface area contributed by atoms with Gasteiger partial charge in [0.05, 0.1) is 22.2 Å². The van der Waals surface area contributed by atoms with Gasteiger partial charge in [0.1, 0.15) is 11.2 Å². The molecule has 0 aliphatic heterocycles. The minimum Gasteiger partial charge on any atom is -0.455 e.